The van der Waals surface area contributed by atoms with Gasteiger partial charge in [0.15, 0.2) is 4.96 Å². The first-order valence-corrected chi connectivity index (χ1v) is 9.10. The number of nitrogens with zero attached hydrogens (tertiary/aromatic N) is 2. The number of hydrogen-bond donors (Lipinski definition) is 2. The normalized spacial score (nSPS) is 16.2. The number of carbonyl (C=O) groups excluding carboxylic acids is 2. The zero-order valence-electron chi connectivity index (χ0n) is 14.4. The van der Waals surface area contributed by atoms with E-state index in [-0.39, 0.29) is 18.2 Å². The van der Waals surface area contributed by atoms with Crippen LogP contribution in [0, 0.1) is 6.92 Å². The number of thiazole rings is 1. The smallest absolute Gasteiger partial charge is 0.228 e. The number of methoxy groups -OCH3 is 1. The Hall–Kier alpha value is -2.87. The molecule has 2 aromatic heterocycles. The standard InChI is InChI=1S/C18H18N4O3S/c1-10-9-26-18-20-11(8-22(10)18)7-19-17(24)14-6-16(23)21-15-4-3-12(25-2)5-13(14)15/h3-5,8-9,14H,6-7H2,1-2H3,(H,19,24)(H,21,23). The number of anilines is 1. The van der Waals surface area contributed by atoms with Gasteiger partial charge in [-0.3, -0.25) is 14.0 Å². The molecule has 1 aromatic carbocycles. The summed E-state index contributed by atoms with van der Waals surface area (Å²) < 4.78 is 7.24. The summed E-state index contributed by atoms with van der Waals surface area (Å²) in [6.45, 7) is 2.34. The number of imidazole rings is 1. The highest BCUT2D eigenvalue weighted by Crippen LogP contribution is 2.35. The molecule has 3 heterocycles. The quantitative estimate of drug-likeness (QED) is 0.739. The molecule has 1 aliphatic rings. The van der Waals surface area contributed by atoms with Crippen molar-refractivity contribution in [1.82, 2.24) is 14.7 Å². The average molecular weight is 370 g/mol. The molecule has 0 radical (unpaired) electrons. The van der Waals surface area contributed by atoms with E-state index in [2.05, 4.69) is 15.6 Å². The third-order valence-electron chi connectivity index (χ3n) is 4.50. The number of nitrogens with one attached hydrogen (secondary N) is 2. The van der Waals surface area contributed by atoms with Gasteiger partial charge >= 0.3 is 0 Å². The Morgan fingerprint density at radius 2 is 2.35 bits per heavy atom. The van der Waals surface area contributed by atoms with Crippen LogP contribution in [-0.2, 0) is 16.1 Å². The lowest BCUT2D eigenvalue weighted by Crippen LogP contribution is -2.34. The summed E-state index contributed by atoms with van der Waals surface area (Å²) in [4.78, 5) is 30.1. The molecule has 0 fully saturated rings. The van der Waals surface area contributed by atoms with E-state index >= 15 is 0 Å². The predicted molar refractivity (Wildman–Crippen MR) is 98.6 cm³/mol. The van der Waals surface area contributed by atoms with Crippen molar-refractivity contribution in [2.45, 2.75) is 25.8 Å². The number of hydrogen-bond acceptors (Lipinski definition) is 5. The lowest BCUT2D eigenvalue weighted by Gasteiger charge is -2.25. The van der Waals surface area contributed by atoms with Crippen molar-refractivity contribution >= 4 is 33.8 Å². The molecule has 0 saturated heterocycles. The van der Waals surface area contributed by atoms with Crippen molar-refractivity contribution in [3.05, 3.63) is 46.7 Å². The van der Waals surface area contributed by atoms with E-state index in [1.807, 2.05) is 22.9 Å². The van der Waals surface area contributed by atoms with E-state index in [1.165, 1.54) is 0 Å². The highest BCUT2D eigenvalue weighted by atomic mass is 32.1. The number of fused-ring (bicyclic) bond motifs is 2. The summed E-state index contributed by atoms with van der Waals surface area (Å²) >= 11 is 1.56. The molecule has 8 heteroatoms. The van der Waals surface area contributed by atoms with Crippen LogP contribution in [0.3, 0.4) is 0 Å². The highest BCUT2D eigenvalue weighted by molar-refractivity contribution is 7.15. The number of aryl methyl sites for hydroxylation is 1. The van der Waals surface area contributed by atoms with Gasteiger partial charge in [0.2, 0.25) is 11.8 Å². The van der Waals surface area contributed by atoms with Crippen LogP contribution in [-0.4, -0.2) is 28.3 Å². The van der Waals surface area contributed by atoms with Crippen LogP contribution in [0.4, 0.5) is 5.69 Å². The van der Waals surface area contributed by atoms with Crippen LogP contribution in [0.2, 0.25) is 0 Å². The number of benzene rings is 1. The Bertz CT molecular complexity index is 1010. The van der Waals surface area contributed by atoms with E-state index in [0.29, 0.717) is 18.0 Å². The fourth-order valence-corrected chi connectivity index (χ4v) is 4.00. The van der Waals surface area contributed by atoms with E-state index in [4.69, 9.17) is 4.74 Å². The molecule has 4 rings (SSSR count). The maximum absolute atomic E-state index is 12.7. The Balaban J connectivity index is 1.53. The molecule has 1 unspecified atom stereocenters. The molecule has 3 aromatic rings. The second kappa shape index (κ2) is 6.45. The number of carbonyl (C=O) groups is 2. The van der Waals surface area contributed by atoms with E-state index in [1.54, 1.807) is 36.6 Å². The van der Waals surface area contributed by atoms with Crippen molar-refractivity contribution in [3.63, 3.8) is 0 Å². The number of rotatable bonds is 4. The fourth-order valence-electron chi connectivity index (χ4n) is 3.13. The van der Waals surface area contributed by atoms with Gasteiger partial charge in [-0.05, 0) is 30.7 Å². The molecule has 0 bridgehead atoms. The van der Waals surface area contributed by atoms with Gasteiger partial charge in [0.05, 0.1) is 25.3 Å². The maximum Gasteiger partial charge on any atom is 0.228 e. The topological polar surface area (TPSA) is 84.7 Å². The summed E-state index contributed by atoms with van der Waals surface area (Å²) in [7, 11) is 1.57. The van der Waals surface area contributed by atoms with E-state index in [9.17, 15) is 9.59 Å². The van der Waals surface area contributed by atoms with Crippen molar-refractivity contribution in [2.75, 3.05) is 12.4 Å². The molecule has 26 heavy (non-hydrogen) atoms. The second-order valence-corrected chi connectivity index (χ2v) is 7.07. The van der Waals surface area contributed by atoms with Crippen molar-refractivity contribution in [1.29, 1.82) is 0 Å². The molecule has 0 spiro atoms. The molecule has 0 aliphatic carbocycles. The van der Waals surface area contributed by atoms with Crippen molar-refractivity contribution in [2.24, 2.45) is 0 Å². The predicted octanol–water partition coefficient (Wildman–Crippen LogP) is 2.46. The molecule has 0 saturated carbocycles. The summed E-state index contributed by atoms with van der Waals surface area (Å²) in [5.74, 6) is -0.245. The van der Waals surface area contributed by atoms with Crippen LogP contribution in [0.15, 0.2) is 29.8 Å². The number of aromatic nitrogens is 2. The minimum absolute atomic E-state index is 0.114. The molecule has 134 valence electrons. The van der Waals surface area contributed by atoms with Crippen molar-refractivity contribution < 1.29 is 14.3 Å². The van der Waals surface area contributed by atoms with Crippen LogP contribution < -0.4 is 15.4 Å². The lowest BCUT2D eigenvalue weighted by atomic mass is 9.89. The fraction of sp³-hybridized carbons (Fsp3) is 0.278. The number of amides is 2. The van der Waals surface area contributed by atoms with Gasteiger partial charge in [-0.25, -0.2) is 4.98 Å². The van der Waals surface area contributed by atoms with Crippen LogP contribution in [0.1, 0.15) is 29.3 Å². The van der Waals surface area contributed by atoms with E-state index < -0.39 is 5.92 Å². The molecule has 7 nitrogen and oxygen atoms in total. The molecule has 2 N–H and O–H groups in total. The SMILES string of the molecule is COc1ccc2c(c1)C(C(=O)NCc1cn3c(C)csc3n1)CC(=O)N2. The van der Waals surface area contributed by atoms with Gasteiger partial charge in [-0.1, -0.05) is 0 Å². The molecule has 2 amide bonds. The average Bonchev–Trinajstić information content (AvgIpc) is 3.20. The van der Waals surface area contributed by atoms with Crippen LogP contribution in [0.25, 0.3) is 4.96 Å². The molecule has 1 aliphatic heterocycles. The third-order valence-corrected chi connectivity index (χ3v) is 5.45. The maximum atomic E-state index is 12.7. The van der Waals surface area contributed by atoms with Gasteiger partial charge < -0.3 is 15.4 Å². The molecular weight excluding hydrogens is 352 g/mol. The Kier molecular flexibility index (Phi) is 4.12. The summed E-state index contributed by atoms with van der Waals surface area (Å²) in [6, 6.07) is 5.33. The van der Waals surface area contributed by atoms with Gasteiger partial charge in [0, 0.05) is 29.4 Å². The summed E-state index contributed by atoms with van der Waals surface area (Å²) in [5, 5.41) is 7.75. The zero-order valence-corrected chi connectivity index (χ0v) is 15.2. The first-order chi connectivity index (χ1) is 12.5. The van der Waals surface area contributed by atoms with Gasteiger partial charge in [-0.15, -0.1) is 11.3 Å². The Labute approximate surface area is 154 Å². The van der Waals surface area contributed by atoms with Crippen molar-refractivity contribution in [3.8, 4) is 5.75 Å². The zero-order chi connectivity index (χ0) is 18.3. The lowest BCUT2D eigenvalue weighted by molar-refractivity contribution is -0.126. The van der Waals surface area contributed by atoms with Crippen LogP contribution in [0.5, 0.6) is 5.75 Å². The van der Waals surface area contributed by atoms with E-state index in [0.717, 1.165) is 21.9 Å². The summed E-state index contributed by atoms with van der Waals surface area (Å²) in [6.07, 6.45) is 2.04. The first kappa shape index (κ1) is 16.6. The molecular formula is C18H18N4O3S. The molecule has 1 atom stereocenters. The monoisotopic (exact) mass is 370 g/mol. The van der Waals surface area contributed by atoms with Gasteiger partial charge in [-0.2, -0.15) is 0 Å². The minimum Gasteiger partial charge on any atom is -0.497 e. The van der Waals surface area contributed by atoms with Gasteiger partial charge in [0.1, 0.15) is 5.75 Å². The Morgan fingerprint density at radius 3 is 3.12 bits per heavy atom. The Morgan fingerprint density at radius 1 is 1.50 bits per heavy atom. The summed E-state index contributed by atoms with van der Waals surface area (Å²) in [5.41, 5.74) is 3.32. The third kappa shape index (κ3) is 2.92. The minimum atomic E-state index is -0.542. The largest absolute Gasteiger partial charge is 0.497 e. The number of ether oxygens (including phenoxy) is 1. The first-order valence-electron chi connectivity index (χ1n) is 8.22. The highest BCUT2D eigenvalue weighted by Gasteiger charge is 2.31. The van der Waals surface area contributed by atoms with Gasteiger partial charge in [0.25, 0.3) is 0 Å². The second-order valence-electron chi connectivity index (χ2n) is 6.24. The van der Waals surface area contributed by atoms with Crippen LogP contribution >= 0.6 is 11.3 Å².